The third-order valence-electron chi connectivity index (χ3n) is 6.10. The molecule has 2 aliphatic rings. The van der Waals surface area contributed by atoms with Crippen LogP contribution in [0, 0.1) is 5.92 Å². The Bertz CT molecular complexity index is 667. The van der Waals surface area contributed by atoms with Crippen LogP contribution in [0.3, 0.4) is 0 Å². The number of imide groups is 2. The van der Waals surface area contributed by atoms with Crippen LogP contribution in [0.4, 0.5) is 0 Å². The first-order valence-corrected chi connectivity index (χ1v) is 15.6. The van der Waals surface area contributed by atoms with E-state index in [0.717, 1.165) is 37.2 Å². The van der Waals surface area contributed by atoms with Crippen molar-refractivity contribution in [1.82, 2.24) is 10.6 Å². The van der Waals surface area contributed by atoms with Gasteiger partial charge in [0.1, 0.15) is 0 Å². The maximum absolute atomic E-state index is 11.9. The lowest BCUT2D eigenvalue weighted by molar-refractivity contribution is -0.126. The molecule has 0 bridgehead atoms. The zero-order valence-electron chi connectivity index (χ0n) is 22.0. The van der Waals surface area contributed by atoms with Gasteiger partial charge in [-0.25, -0.2) is 0 Å². The summed E-state index contributed by atoms with van der Waals surface area (Å²) in [6.07, 6.45) is 17.9. The summed E-state index contributed by atoms with van der Waals surface area (Å²) in [5.74, 6) is 1.21. The van der Waals surface area contributed by atoms with Crippen LogP contribution >= 0.6 is 23.5 Å². The number of rotatable bonds is 18. The van der Waals surface area contributed by atoms with Crippen molar-refractivity contribution < 1.29 is 19.2 Å². The zero-order chi connectivity index (χ0) is 25.9. The molecule has 1 saturated heterocycles. The Morgan fingerprint density at radius 3 is 1.83 bits per heavy atom. The highest BCUT2D eigenvalue weighted by Gasteiger charge is 2.40. The number of carbonyl (C=O) groups is 4. The molecule has 2 heterocycles. The van der Waals surface area contributed by atoms with Crippen LogP contribution in [-0.2, 0) is 19.2 Å². The Balaban J connectivity index is 0.000000379. The van der Waals surface area contributed by atoms with Crippen molar-refractivity contribution in [3.8, 4) is 0 Å². The number of thioether (sulfide) groups is 2. The minimum Gasteiger partial charge on any atom is -0.295 e. The van der Waals surface area contributed by atoms with Gasteiger partial charge in [-0.1, -0.05) is 91.4 Å². The quantitative estimate of drug-likeness (QED) is 0.165. The first-order chi connectivity index (χ1) is 16.9. The van der Waals surface area contributed by atoms with E-state index in [1.165, 1.54) is 82.0 Å². The van der Waals surface area contributed by atoms with E-state index in [4.69, 9.17) is 0 Å². The number of unbranched alkanes of at least 4 members (excludes halogenated alkanes) is 10. The van der Waals surface area contributed by atoms with Gasteiger partial charge in [0, 0.05) is 6.08 Å². The van der Waals surface area contributed by atoms with Gasteiger partial charge in [-0.3, -0.25) is 29.8 Å². The normalized spacial score (nSPS) is 19.3. The van der Waals surface area contributed by atoms with Gasteiger partial charge < -0.3 is 0 Å². The van der Waals surface area contributed by atoms with Gasteiger partial charge in [-0.05, 0) is 30.8 Å². The zero-order valence-corrected chi connectivity index (χ0v) is 23.6. The van der Waals surface area contributed by atoms with E-state index in [-0.39, 0.29) is 34.8 Å². The Morgan fingerprint density at radius 2 is 1.26 bits per heavy atom. The molecule has 2 unspecified atom stereocenters. The number of hydrogen-bond acceptors (Lipinski definition) is 6. The van der Waals surface area contributed by atoms with Crippen molar-refractivity contribution in [2.75, 3.05) is 11.5 Å². The third-order valence-corrected chi connectivity index (χ3v) is 8.63. The van der Waals surface area contributed by atoms with Crippen molar-refractivity contribution in [1.29, 1.82) is 0 Å². The second kappa shape index (κ2) is 19.9. The first kappa shape index (κ1) is 31.7. The SMILES string of the molecule is CCCCCCCC1C(=O)NC(=O)C1SCCCCCC.CCCCCCSC1=CC(=O)NC1=O. The summed E-state index contributed by atoms with van der Waals surface area (Å²) in [5.41, 5.74) is 0. The number of carbonyl (C=O) groups excluding carboxylic acids is 4. The minimum absolute atomic E-state index is 0.0402. The van der Waals surface area contributed by atoms with E-state index < -0.39 is 0 Å². The van der Waals surface area contributed by atoms with Crippen molar-refractivity contribution >= 4 is 47.2 Å². The Labute approximate surface area is 221 Å². The summed E-state index contributed by atoms with van der Waals surface area (Å²) < 4.78 is 0. The molecule has 6 nitrogen and oxygen atoms in total. The monoisotopic (exact) mass is 526 g/mol. The van der Waals surface area contributed by atoms with Gasteiger partial charge in [-0.15, -0.1) is 23.5 Å². The Kier molecular flexibility index (Phi) is 18.0. The van der Waals surface area contributed by atoms with Crippen molar-refractivity contribution in [2.45, 2.75) is 116 Å². The fraction of sp³-hybridized carbons (Fsp3) is 0.778. The lowest BCUT2D eigenvalue weighted by Gasteiger charge is -2.14. The fourth-order valence-electron chi connectivity index (χ4n) is 4.00. The molecule has 2 atom stereocenters. The van der Waals surface area contributed by atoms with Gasteiger partial charge in [0.15, 0.2) is 0 Å². The molecule has 0 aromatic heterocycles. The van der Waals surface area contributed by atoms with E-state index in [9.17, 15) is 19.2 Å². The van der Waals surface area contributed by atoms with E-state index in [1.54, 1.807) is 11.8 Å². The van der Waals surface area contributed by atoms with Crippen LogP contribution in [0.25, 0.3) is 0 Å². The van der Waals surface area contributed by atoms with Gasteiger partial charge >= 0.3 is 0 Å². The molecular formula is C27H46N2O4S2. The molecule has 35 heavy (non-hydrogen) atoms. The smallest absolute Gasteiger partial charge is 0.264 e. The van der Waals surface area contributed by atoms with Crippen molar-refractivity contribution in [3.63, 3.8) is 0 Å². The van der Waals surface area contributed by atoms with Gasteiger partial charge in [0.2, 0.25) is 11.8 Å². The predicted octanol–water partition coefficient (Wildman–Crippen LogP) is 6.14. The Hall–Kier alpha value is -1.28. The molecule has 2 N–H and O–H groups in total. The van der Waals surface area contributed by atoms with Gasteiger partial charge in [0.25, 0.3) is 11.8 Å². The van der Waals surface area contributed by atoms with Gasteiger partial charge in [0.05, 0.1) is 16.1 Å². The molecule has 0 radical (unpaired) electrons. The Morgan fingerprint density at radius 1 is 0.686 bits per heavy atom. The second-order valence-electron chi connectivity index (χ2n) is 9.25. The molecule has 0 saturated carbocycles. The average Bonchev–Trinajstić information content (AvgIpc) is 3.29. The molecule has 4 amide bonds. The molecule has 1 fully saturated rings. The highest BCUT2D eigenvalue weighted by Crippen LogP contribution is 2.30. The highest BCUT2D eigenvalue weighted by atomic mass is 32.2. The molecular weight excluding hydrogens is 480 g/mol. The number of amides is 4. The van der Waals surface area contributed by atoms with Crippen LogP contribution in [-0.4, -0.2) is 40.4 Å². The first-order valence-electron chi connectivity index (χ1n) is 13.6. The molecule has 200 valence electrons. The second-order valence-corrected chi connectivity index (χ2v) is 11.6. The molecule has 0 aliphatic carbocycles. The molecule has 2 aliphatic heterocycles. The van der Waals surface area contributed by atoms with E-state index in [0.29, 0.717) is 4.91 Å². The van der Waals surface area contributed by atoms with Gasteiger partial charge in [-0.2, -0.15) is 0 Å². The molecule has 8 heteroatoms. The molecule has 0 aromatic carbocycles. The summed E-state index contributed by atoms with van der Waals surface area (Å²) in [7, 11) is 0. The maximum Gasteiger partial charge on any atom is 0.264 e. The number of nitrogens with one attached hydrogen (secondary N) is 2. The third kappa shape index (κ3) is 13.6. The highest BCUT2D eigenvalue weighted by molar-refractivity contribution is 8.04. The predicted molar refractivity (Wildman–Crippen MR) is 148 cm³/mol. The van der Waals surface area contributed by atoms with Crippen molar-refractivity contribution in [3.05, 3.63) is 11.0 Å². The maximum atomic E-state index is 11.9. The van der Waals surface area contributed by atoms with Crippen LogP contribution in [0.15, 0.2) is 11.0 Å². The lowest BCUT2D eigenvalue weighted by Crippen LogP contribution is -2.23. The summed E-state index contributed by atoms with van der Waals surface area (Å²) in [4.78, 5) is 46.2. The summed E-state index contributed by atoms with van der Waals surface area (Å²) in [6.45, 7) is 6.57. The fourth-order valence-corrected chi connectivity index (χ4v) is 6.27. The summed E-state index contributed by atoms with van der Waals surface area (Å²) in [6, 6.07) is 0. The minimum atomic E-state index is -0.286. The summed E-state index contributed by atoms with van der Waals surface area (Å²) in [5, 5.41) is 4.62. The lowest BCUT2D eigenvalue weighted by atomic mass is 9.98. The largest absolute Gasteiger partial charge is 0.295 e. The molecule has 0 spiro atoms. The van der Waals surface area contributed by atoms with Crippen LogP contribution in [0.2, 0.25) is 0 Å². The van der Waals surface area contributed by atoms with Crippen LogP contribution < -0.4 is 10.6 Å². The summed E-state index contributed by atoms with van der Waals surface area (Å²) >= 11 is 3.16. The molecule has 2 rings (SSSR count). The standard InChI is InChI=1S/C17H31NO2S.C10H15NO2S/c1-3-5-7-9-10-12-14-15(17(20)18-16(14)19)21-13-11-8-6-4-2;1-2-3-4-5-6-14-8-7-9(12)11-10(8)13/h14-15H,3-13H2,1-2H3,(H,18,19,20);7H,2-6H2,1H3,(H,11,12,13). The number of hydrogen-bond donors (Lipinski definition) is 2. The van der Waals surface area contributed by atoms with Crippen molar-refractivity contribution in [2.24, 2.45) is 5.92 Å². The topological polar surface area (TPSA) is 92.3 Å². The average molecular weight is 527 g/mol. The molecule has 0 aromatic rings. The van der Waals surface area contributed by atoms with E-state index in [2.05, 4.69) is 31.4 Å². The van der Waals surface area contributed by atoms with Crippen LogP contribution in [0.1, 0.15) is 111 Å². The van der Waals surface area contributed by atoms with Crippen LogP contribution in [0.5, 0.6) is 0 Å². The van der Waals surface area contributed by atoms with E-state index in [1.807, 2.05) is 0 Å². The van der Waals surface area contributed by atoms with E-state index >= 15 is 0 Å².